The number of carbonyl (C=O) groups is 1. The van der Waals surface area contributed by atoms with Crippen molar-refractivity contribution in [2.45, 2.75) is 13.1 Å². The van der Waals surface area contributed by atoms with Gasteiger partial charge in [-0.25, -0.2) is 0 Å². The Morgan fingerprint density at radius 2 is 1.66 bits per heavy atom. The molecule has 0 unspecified atom stereocenters. The molecule has 148 valence electrons. The van der Waals surface area contributed by atoms with Crippen molar-refractivity contribution in [3.63, 3.8) is 0 Å². The number of aryl methyl sites for hydroxylation is 1. The van der Waals surface area contributed by atoms with Crippen LogP contribution in [0, 0.1) is 17.0 Å². The minimum absolute atomic E-state index is 0.0920. The largest absolute Gasteiger partial charge is 0.416 e. The van der Waals surface area contributed by atoms with Crippen molar-refractivity contribution < 1.29 is 22.9 Å². The van der Waals surface area contributed by atoms with E-state index in [0.29, 0.717) is 22.4 Å². The van der Waals surface area contributed by atoms with Gasteiger partial charge >= 0.3 is 6.18 Å². The number of rotatable bonds is 4. The zero-order chi connectivity index (χ0) is 21.2. The predicted molar refractivity (Wildman–Crippen MR) is 103 cm³/mol. The Bertz CT molecular complexity index is 1080. The summed E-state index contributed by atoms with van der Waals surface area (Å²) >= 11 is 0. The Labute approximate surface area is 164 Å². The van der Waals surface area contributed by atoms with E-state index in [1.807, 2.05) is 0 Å². The number of nitro benzene ring substituents is 1. The molecule has 1 amide bonds. The number of halogens is 3. The van der Waals surface area contributed by atoms with E-state index in [-0.39, 0.29) is 11.3 Å². The second kappa shape index (κ2) is 7.75. The summed E-state index contributed by atoms with van der Waals surface area (Å²) in [7, 11) is 0. The molecule has 0 saturated carbocycles. The van der Waals surface area contributed by atoms with E-state index in [1.165, 1.54) is 30.3 Å². The van der Waals surface area contributed by atoms with Crippen LogP contribution in [0.2, 0.25) is 0 Å². The van der Waals surface area contributed by atoms with Gasteiger partial charge in [0.15, 0.2) is 0 Å². The Morgan fingerprint density at radius 1 is 1.00 bits per heavy atom. The molecule has 0 aliphatic rings. The van der Waals surface area contributed by atoms with Crippen molar-refractivity contribution in [3.8, 4) is 11.1 Å². The first-order valence-corrected chi connectivity index (χ1v) is 8.50. The van der Waals surface area contributed by atoms with Crippen LogP contribution in [-0.4, -0.2) is 10.8 Å². The lowest BCUT2D eigenvalue weighted by molar-refractivity contribution is -0.384. The lowest BCUT2D eigenvalue weighted by atomic mass is 9.98. The Balaban J connectivity index is 1.91. The molecule has 3 aromatic rings. The smallest absolute Gasteiger partial charge is 0.322 e. The Hall–Kier alpha value is -3.68. The summed E-state index contributed by atoms with van der Waals surface area (Å²) in [6.07, 6.45) is -4.44. The fraction of sp³-hybridized carbons (Fsp3) is 0.0952. The zero-order valence-electron chi connectivity index (χ0n) is 15.2. The molecule has 0 aliphatic carbocycles. The zero-order valence-corrected chi connectivity index (χ0v) is 15.2. The molecule has 0 heterocycles. The number of hydrogen-bond acceptors (Lipinski definition) is 3. The molecule has 0 spiro atoms. The molecule has 3 aromatic carbocycles. The molecule has 0 aromatic heterocycles. The third-order valence-corrected chi connectivity index (χ3v) is 4.36. The van der Waals surface area contributed by atoms with Crippen LogP contribution in [0.3, 0.4) is 0 Å². The number of alkyl halides is 3. The van der Waals surface area contributed by atoms with E-state index in [0.717, 1.165) is 12.1 Å². The Kier molecular flexibility index (Phi) is 5.36. The minimum Gasteiger partial charge on any atom is -0.322 e. The SMILES string of the molecule is Cc1cc([N+](=O)[O-])ccc1NC(=O)c1ccccc1-c1ccc(C(F)(F)F)cc1. The van der Waals surface area contributed by atoms with Crippen molar-refractivity contribution in [2.75, 3.05) is 5.32 Å². The predicted octanol–water partition coefficient (Wildman–Crippen LogP) is 5.84. The van der Waals surface area contributed by atoms with Crippen molar-refractivity contribution in [1.29, 1.82) is 0 Å². The van der Waals surface area contributed by atoms with E-state index < -0.39 is 22.6 Å². The highest BCUT2D eigenvalue weighted by molar-refractivity contribution is 6.09. The molecule has 0 aliphatic heterocycles. The van der Waals surface area contributed by atoms with Crippen LogP contribution in [0.4, 0.5) is 24.5 Å². The molecule has 0 fully saturated rings. The lowest BCUT2D eigenvalue weighted by Gasteiger charge is -2.13. The van der Waals surface area contributed by atoms with Gasteiger partial charge in [0, 0.05) is 23.4 Å². The van der Waals surface area contributed by atoms with E-state index in [4.69, 9.17) is 0 Å². The molecule has 0 saturated heterocycles. The van der Waals surface area contributed by atoms with Gasteiger partial charge < -0.3 is 5.32 Å². The number of amides is 1. The minimum atomic E-state index is -4.44. The number of nitrogens with zero attached hydrogens (tertiary/aromatic N) is 1. The number of non-ortho nitro benzene ring substituents is 1. The Morgan fingerprint density at radius 3 is 2.24 bits per heavy atom. The van der Waals surface area contributed by atoms with Gasteiger partial charge in [0.05, 0.1) is 10.5 Å². The lowest BCUT2D eigenvalue weighted by Crippen LogP contribution is -2.14. The highest BCUT2D eigenvalue weighted by Crippen LogP contribution is 2.32. The first kappa shape index (κ1) is 20.1. The van der Waals surface area contributed by atoms with Gasteiger partial charge in [-0.3, -0.25) is 14.9 Å². The maximum Gasteiger partial charge on any atom is 0.416 e. The normalized spacial score (nSPS) is 11.2. The van der Waals surface area contributed by atoms with Crippen molar-refractivity contribution in [3.05, 3.63) is 93.5 Å². The number of hydrogen-bond donors (Lipinski definition) is 1. The molecule has 0 bridgehead atoms. The van der Waals surface area contributed by atoms with Crippen molar-refractivity contribution in [1.82, 2.24) is 0 Å². The third-order valence-electron chi connectivity index (χ3n) is 4.36. The summed E-state index contributed by atoms with van der Waals surface area (Å²) < 4.78 is 38.3. The first-order valence-electron chi connectivity index (χ1n) is 8.50. The topological polar surface area (TPSA) is 72.2 Å². The van der Waals surface area contributed by atoms with Gasteiger partial charge in [-0.1, -0.05) is 30.3 Å². The molecular formula is C21H15F3N2O3. The molecular weight excluding hydrogens is 385 g/mol. The van der Waals surface area contributed by atoms with Crippen LogP contribution in [0.25, 0.3) is 11.1 Å². The van der Waals surface area contributed by atoms with E-state index in [9.17, 15) is 28.1 Å². The fourth-order valence-corrected chi connectivity index (χ4v) is 2.86. The molecule has 1 N–H and O–H groups in total. The van der Waals surface area contributed by atoms with Gasteiger partial charge in [0.1, 0.15) is 0 Å². The molecule has 29 heavy (non-hydrogen) atoms. The molecule has 3 rings (SSSR count). The molecule has 0 atom stereocenters. The van der Waals surface area contributed by atoms with Crippen LogP contribution in [-0.2, 0) is 6.18 Å². The van der Waals surface area contributed by atoms with Gasteiger partial charge in [-0.05, 0) is 47.9 Å². The standard InChI is InChI=1S/C21H15F3N2O3/c1-13-12-16(26(28)29)10-11-19(13)25-20(27)18-5-3-2-4-17(18)14-6-8-15(9-7-14)21(22,23)24/h2-12H,1H3,(H,25,27). The summed E-state index contributed by atoms with van der Waals surface area (Å²) in [5.41, 5.74) is 1.25. The van der Waals surface area contributed by atoms with Gasteiger partial charge in [-0.2, -0.15) is 13.2 Å². The molecule has 0 radical (unpaired) electrons. The van der Waals surface area contributed by atoms with E-state index in [2.05, 4.69) is 5.32 Å². The summed E-state index contributed by atoms with van der Waals surface area (Å²) in [6, 6.07) is 15.1. The van der Waals surface area contributed by atoms with E-state index >= 15 is 0 Å². The second-order valence-electron chi connectivity index (χ2n) is 6.33. The van der Waals surface area contributed by atoms with Gasteiger partial charge in [-0.15, -0.1) is 0 Å². The molecule has 8 heteroatoms. The third kappa shape index (κ3) is 4.43. The number of carbonyl (C=O) groups excluding carboxylic acids is 1. The highest BCUT2D eigenvalue weighted by atomic mass is 19.4. The van der Waals surface area contributed by atoms with Crippen LogP contribution < -0.4 is 5.32 Å². The summed E-state index contributed by atoms with van der Waals surface area (Å²) in [5, 5.41) is 13.5. The number of anilines is 1. The monoisotopic (exact) mass is 400 g/mol. The first-order chi connectivity index (χ1) is 13.7. The highest BCUT2D eigenvalue weighted by Gasteiger charge is 2.30. The molecule has 5 nitrogen and oxygen atoms in total. The van der Waals surface area contributed by atoms with E-state index in [1.54, 1.807) is 31.2 Å². The van der Waals surface area contributed by atoms with Crippen LogP contribution in [0.15, 0.2) is 66.7 Å². The number of nitro groups is 1. The van der Waals surface area contributed by atoms with Crippen molar-refractivity contribution in [2.24, 2.45) is 0 Å². The van der Waals surface area contributed by atoms with Crippen LogP contribution in [0.5, 0.6) is 0 Å². The average molecular weight is 400 g/mol. The average Bonchev–Trinajstić information content (AvgIpc) is 2.68. The summed E-state index contributed by atoms with van der Waals surface area (Å²) in [5.74, 6) is -0.475. The quantitative estimate of drug-likeness (QED) is 0.442. The summed E-state index contributed by atoms with van der Waals surface area (Å²) in [4.78, 5) is 23.1. The number of nitrogens with one attached hydrogen (secondary N) is 1. The maximum atomic E-state index is 12.8. The van der Waals surface area contributed by atoms with Gasteiger partial charge in [0.2, 0.25) is 0 Å². The summed E-state index contributed by atoms with van der Waals surface area (Å²) in [6.45, 7) is 1.63. The van der Waals surface area contributed by atoms with Crippen molar-refractivity contribution >= 4 is 17.3 Å². The second-order valence-corrected chi connectivity index (χ2v) is 6.33. The van der Waals surface area contributed by atoms with Crippen LogP contribution in [0.1, 0.15) is 21.5 Å². The van der Waals surface area contributed by atoms with Crippen LogP contribution >= 0.6 is 0 Å². The fourth-order valence-electron chi connectivity index (χ4n) is 2.86. The van der Waals surface area contributed by atoms with Gasteiger partial charge in [0.25, 0.3) is 11.6 Å². The maximum absolute atomic E-state index is 12.8. The number of benzene rings is 3.